The Labute approximate surface area is 176 Å². The van der Waals surface area contributed by atoms with Gasteiger partial charge in [-0.05, 0) is 36.8 Å². The van der Waals surface area contributed by atoms with E-state index in [0.29, 0.717) is 33.2 Å². The van der Waals surface area contributed by atoms with E-state index in [1.54, 1.807) is 24.3 Å². The molecule has 1 aliphatic rings. The lowest BCUT2D eigenvalue weighted by atomic mass is 10.1. The second-order valence-corrected chi connectivity index (χ2v) is 7.25. The normalized spacial score (nSPS) is 15.1. The lowest BCUT2D eigenvalue weighted by Crippen LogP contribution is -2.25. The molecule has 146 valence electrons. The summed E-state index contributed by atoms with van der Waals surface area (Å²) in [6.07, 6.45) is 1.59. The highest BCUT2D eigenvalue weighted by Crippen LogP contribution is 2.36. The largest absolute Gasteiger partial charge is 0.490 e. The monoisotopic (exact) mass is 464 g/mol. The van der Waals surface area contributed by atoms with Crippen molar-refractivity contribution in [3.63, 3.8) is 0 Å². The van der Waals surface area contributed by atoms with Crippen LogP contribution in [-0.4, -0.2) is 30.5 Å². The highest BCUT2D eigenvalue weighted by molar-refractivity contribution is 9.10. The lowest BCUT2D eigenvalue weighted by molar-refractivity contribution is -0.121. The first-order chi connectivity index (χ1) is 13.4. The molecule has 1 fully saturated rings. The SMILES string of the molecule is CCOc1cc(/C=C2/NC(=O)N(C)C2=O)c(Br)cc1OCc1ccccc1Cl. The van der Waals surface area contributed by atoms with Crippen molar-refractivity contribution in [3.05, 3.63) is 62.7 Å². The molecule has 1 N–H and O–H groups in total. The number of carbonyl (C=O) groups excluding carboxylic acids is 2. The molecule has 0 aromatic heterocycles. The quantitative estimate of drug-likeness (QED) is 0.500. The molecule has 0 saturated carbocycles. The minimum absolute atomic E-state index is 0.195. The summed E-state index contributed by atoms with van der Waals surface area (Å²) >= 11 is 9.67. The highest BCUT2D eigenvalue weighted by Gasteiger charge is 2.30. The van der Waals surface area contributed by atoms with E-state index in [1.165, 1.54) is 7.05 Å². The summed E-state index contributed by atoms with van der Waals surface area (Å²) in [7, 11) is 1.42. The third kappa shape index (κ3) is 4.31. The van der Waals surface area contributed by atoms with Gasteiger partial charge < -0.3 is 14.8 Å². The number of amides is 3. The first-order valence-electron chi connectivity index (χ1n) is 8.54. The fourth-order valence-corrected chi connectivity index (χ4v) is 3.22. The van der Waals surface area contributed by atoms with E-state index in [0.717, 1.165) is 10.5 Å². The van der Waals surface area contributed by atoms with E-state index >= 15 is 0 Å². The van der Waals surface area contributed by atoms with Gasteiger partial charge in [-0.1, -0.05) is 45.7 Å². The van der Waals surface area contributed by atoms with E-state index in [9.17, 15) is 9.59 Å². The molecule has 6 nitrogen and oxygen atoms in total. The number of ether oxygens (including phenoxy) is 2. The van der Waals surface area contributed by atoms with Crippen molar-refractivity contribution < 1.29 is 19.1 Å². The number of likely N-dealkylation sites (N-methyl/N-ethyl adjacent to an activating group) is 1. The number of carbonyl (C=O) groups is 2. The standard InChI is InChI=1S/C20H18BrClN2O4/c1-3-27-17-9-13(8-16-19(25)24(2)20(26)23-16)14(21)10-18(17)28-11-12-6-4-5-7-15(12)22/h4-10H,3,11H2,1-2H3,(H,23,26)/b16-8+. The Morgan fingerprint density at radius 1 is 1.18 bits per heavy atom. The maximum absolute atomic E-state index is 12.1. The van der Waals surface area contributed by atoms with Crippen LogP contribution >= 0.6 is 27.5 Å². The van der Waals surface area contributed by atoms with Crippen molar-refractivity contribution in [1.82, 2.24) is 10.2 Å². The van der Waals surface area contributed by atoms with Gasteiger partial charge in [-0.15, -0.1) is 0 Å². The van der Waals surface area contributed by atoms with Crippen LogP contribution < -0.4 is 14.8 Å². The summed E-state index contributed by atoms with van der Waals surface area (Å²) in [5.41, 5.74) is 1.73. The Bertz CT molecular complexity index is 961. The first-order valence-corrected chi connectivity index (χ1v) is 9.71. The predicted octanol–water partition coefficient (Wildman–Crippen LogP) is 4.60. The van der Waals surface area contributed by atoms with Crippen molar-refractivity contribution in [1.29, 1.82) is 0 Å². The van der Waals surface area contributed by atoms with Gasteiger partial charge in [0.05, 0.1) is 6.61 Å². The minimum Gasteiger partial charge on any atom is -0.490 e. The van der Waals surface area contributed by atoms with E-state index in [-0.39, 0.29) is 12.3 Å². The molecule has 1 heterocycles. The Kier molecular flexibility index (Phi) is 6.26. The van der Waals surface area contributed by atoms with Crippen molar-refractivity contribution in [2.45, 2.75) is 13.5 Å². The summed E-state index contributed by atoms with van der Waals surface area (Å²) < 4.78 is 12.3. The third-order valence-electron chi connectivity index (χ3n) is 4.09. The van der Waals surface area contributed by atoms with Gasteiger partial charge in [0, 0.05) is 22.1 Å². The molecule has 0 bridgehead atoms. The summed E-state index contributed by atoms with van der Waals surface area (Å²) in [4.78, 5) is 24.7. The van der Waals surface area contributed by atoms with Crippen LogP contribution in [0.3, 0.4) is 0 Å². The summed E-state index contributed by atoms with van der Waals surface area (Å²) in [6.45, 7) is 2.60. The summed E-state index contributed by atoms with van der Waals surface area (Å²) in [5.74, 6) is 0.665. The third-order valence-corrected chi connectivity index (χ3v) is 5.14. The van der Waals surface area contributed by atoms with Gasteiger partial charge in [-0.25, -0.2) is 4.79 Å². The molecular formula is C20H18BrClN2O4. The molecule has 3 amide bonds. The van der Waals surface area contributed by atoms with Gasteiger partial charge in [0.2, 0.25) is 0 Å². The number of halogens is 2. The number of imide groups is 1. The second-order valence-electron chi connectivity index (χ2n) is 5.99. The molecule has 1 saturated heterocycles. The number of benzene rings is 2. The molecule has 28 heavy (non-hydrogen) atoms. The molecule has 2 aromatic rings. The predicted molar refractivity (Wildman–Crippen MR) is 110 cm³/mol. The topological polar surface area (TPSA) is 67.9 Å². The van der Waals surface area contributed by atoms with Crippen molar-refractivity contribution in [2.75, 3.05) is 13.7 Å². The fourth-order valence-electron chi connectivity index (χ4n) is 2.59. The lowest BCUT2D eigenvalue weighted by Gasteiger charge is -2.14. The number of nitrogens with one attached hydrogen (secondary N) is 1. The molecule has 8 heteroatoms. The van der Waals surface area contributed by atoms with Crippen LogP contribution in [0.25, 0.3) is 6.08 Å². The van der Waals surface area contributed by atoms with Crippen LogP contribution in [0.1, 0.15) is 18.1 Å². The summed E-state index contributed by atoms with van der Waals surface area (Å²) in [6, 6.07) is 10.5. The van der Waals surface area contributed by atoms with Crippen molar-refractivity contribution >= 4 is 45.5 Å². The van der Waals surface area contributed by atoms with Gasteiger partial charge in [-0.3, -0.25) is 9.69 Å². The molecule has 0 atom stereocenters. The molecule has 0 radical (unpaired) electrons. The number of nitrogens with zero attached hydrogens (tertiary/aromatic N) is 1. The fraction of sp³-hybridized carbons (Fsp3) is 0.200. The maximum atomic E-state index is 12.1. The van der Waals surface area contributed by atoms with Crippen LogP contribution in [0.2, 0.25) is 5.02 Å². The Hall–Kier alpha value is -2.51. The van der Waals surface area contributed by atoms with Crippen LogP contribution in [0.5, 0.6) is 11.5 Å². The van der Waals surface area contributed by atoms with E-state index < -0.39 is 11.9 Å². The molecular weight excluding hydrogens is 448 g/mol. The van der Waals surface area contributed by atoms with Gasteiger partial charge in [0.1, 0.15) is 12.3 Å². The van der Waals surface area contributed by atoms with Crippen LogP contribution in [0.15, 0.2) is 46.6 Å². The van der Waals surface area contributed by atoms with E-state index in [4.69, 9.17) is 21.1 Å². The maximum Gasteiger partial charge on any atom is 0.328 e. The number of rotatable bonds is 6. The molecule has 2 aromatic carbocycles. The Morgan fingerprint density at radius 2 is 1.89 bits per heavy atom. The number of hydrogen-bond donors (Lipinski definition) is 1. The van der Waals surface area contributed by atoms with Gasteiger partial charge >= 0.3 is 6.03 Å². The summed E-state index contributed by atoms with van der Waals surface area (Å²) in [5, 5.41) is 3.16. The van der Waals surface area contributed by atoms with Crippen LogP contribution in [0, 0.1) is 0 Å². The van der Waals surface area contributed by atoms with Crippen LogP contribution in [0.4, 0.5) is 4.79 Å². The average Bonchev–Trinajstić information content (AvgIpc) is 2.91. The number of hydrogen-bond acceptors (Lipinski definition) is 4. The Balaban J connectivity index is 1.89. The minimum atomic E-state index is -0.461. The van der Waals surface area contributed by atoms with Crippen molar-refractivity contribution in [3.8, 4) is 11.5 Å². The number of urea groups is 1. The van der Waals surface area contributed by atoms with Gasteiger partial charge in [0.25, 0.3) is 5.91 Å². The van der Waals surface area contributed by atoms with Crippen LogP contribution in [-0.2, 0) is 11.4 Å². The molecule has 3 rings (SSSR count). The average molecular weight is 466 g/mol. The zero-order chi connectivity index (χ0) is 20.3. The first kappa shape index (κ1) is 20.2. The zero-order valence-corrected chi connectivity index (χ0v) is 17.6. The molecule has 1 aliphatic heterocycles. The van der Waals surface area contributed by atoms with Crippen molar-refractivity contribution in [2.24, 2.45) is 0 Å². The van der Waals surface area contributed by atoms with E-state index in [2.05, 4.69) is 21.2 Å². The zero-order valence-electron chi connectivity index (χ0n) is 15.3. The smallest absolute Gasteiger partial charge is 0.328 e. The Morgan fingerprint density at radius 3 is 2.54 bits per heavy atom. The van der Waals surface area contributed by atoms with Gasteiger partial charge in [-0.2, -0.15) is 0 Å². The second kappa shape index (κ2) is 8.67. The molecule has 0 unspecified atom stereocenters. The van der Waals surface area contributed by atoms with E-state index in [1.807, 2.05) is 25.1 Å². The highest BCUT2D eigenvalue weighted by atomic mass is 79.9. The molecule has 0 aliphatic carbocycles. The van der Waals surface area contributed by atoms with Gasteiger partial charge in [0.15, 0.2) is 11.5 Å². The molecule has 0 spiro atoms.